The molecule has 1 aromatic heterocycles. The molecule has 0 atom stereocenters. The minimum atomic E-state index is 0.627. The Morgan fingerprint density at radius 2 is 1.85 bits per heavy atom. The summed E-state index contributed by atoms with van der Waals surface area (Å²) in [5, 5.41) is 3.37. The van der Waals surface area contributed by atoms with E-state index in [9.17, 15) is 0 Å². The summed E-state index contributed by atoms with van der Waals surface area (Å²) < 4.78 is 5.69. The molecule has 1 saturated heterocycles. The van der Waals surface area contributed by atoms with Crippen LogP contribution in [0, 0.1) is 0 Å². The zero-order valence-corrected chi connectivity index (χ0v) is 11.5. The molecule has 0 amide bonds. The van der Waals surface area contributed by atoms with Gasteiger partial charge in [-0.1, -0.05) is 18.2 Å². The average Bonchev–Trinajstić information content (AvgIpc) is 2.51. The summed E-state index contributed by atoms with van der Waals surface area (Å²) >= 11 is 0. The smallest absolute Gasteiger partial charge is 0.219 e. The number of pyridine rings is 1. The largest absolute Gasteiger partial charge is 0.439 e. The second-order valence-corrected chi connectivity index (χ2v) is 4.94. The average molecular weight is 269 g/mol. The summed E-state index contributed by atoms with van der Waals surface area (Å²) in [6.45, 7) is 5.41. The van der Waals surface area contributed by atoms with E-state index >= 15 is 0 Å². The van der Waals surface area contributed by atoms with Crippen molar-refractivity contribution in [3.63, 3.8) is 0 Å². The number of rotatable bonds is 4. The van der Waals surface area contributed by atoms with Gasteiger partial charge in [0.15, 0.2) is 0 Å². The first-order chi connectivity index (χ1) is 9.90. The summed E-state index contributed by atoms with van der Waals surface area (Å²) in [6, 6.07) is 13.9. The SMILES string of the molecule is c1ccc(Oc2ccc(CN3CCNCC3)cc2)nc1. The summed E-state index contributed by atoms with van der Waals surface area (Å²) in [4.78, 5) is 6.62. The van der Waals surface area contributed by atoms with E-state index < -0.39 is 0 Å². The number of benzene rings is 1. The van der Waals surface area contributed by atoms with E-state index in [-0.39, 0.29) is 0 Å². The molecule has 1 aliphatic rings. The van der Waals surface area contributed by atoms with Crippen molar-refractivity contribution >= 4 is 0 Å². The van der Waals surface area contributed by atoms with Crippen LogP contribution in [-0.2, 0) is 6.54 Å². The molecule has 2 aromatic rings. The molecule has 20 heavy (non-hydrogen) atoms. The lowest BCUT2D eigenvalue weighted by molar-refractivity contribution is 0.233. The van der Waals surface area contributed by atoms with E-state index in [2.05, 4.69) is 27.3 Å². The van der Waals surface area contributed by atoms with Crippen LogP contribution in [0.5, 0.6) is 11.6 Å². The molecule has 1 aromatic carbocycles. The predicted octanol–water partition coefficient (Wildman–Crippen LogP) is 2.28. The van der Waals surface area contributed by atoms with Crippen molar-refractivity contribution in [3.8, 4) is 11.6 Å². The van der Waals surface area contributed by atoms with Gasteiger partial charge in [0.1, 0.15) is 5.75 Å². The fourth-order valence-corrected chi connectivity index (χ4v) is 2.32. The van der Waals surface area contributed by atoms with E-state index in [0.29, 0.717) is 5.88 Å². The molecule has 1 N–H and O–H groups in total. The number of nitrogens with zero attached hydrogens (tertiary/aromatic N) is 2. The molecule has 1 aliphatic heterocycles. The van der Waals surface area contributed by atoms with Crippen molar-refractivity contribution < 1.29 is 4.74 Å². The van der Waals surface area contributed by atoms with Gasteiger partial charge in [-0.05, 0) is 23.8 Å². The Labute approximate surface area is 119 Å². The summed E-state index contributed by atoms with van der Waals surface area (Å²) in [7, 11) is 0. The van der Waals surface area contributed by atoms with Crippen LogP contribution in [0.1, 0.15) is 5.56 Å². The molecular formula is C16H19N3O. The van der Waals surface area contributed by atoms with E-state index in [1.807, 2.05) is 30.3 Å². The fourth-order valence-electron chi connectivity index (χ4n) is 2.32. The molecule has 0 radical (unpaired) electrons. The quantitative estimate of drug-likeness (QED) is 0.924. The Hall–Kier alpha value is -1.91. The molecule has 4 heteroatoms. The monoisotopic (exact) mass is 269 g/mol. The summed E-state index contributed by atoms with van der Waals surface area (Å²) in [5.41, 5.74) is 1.32. The Morgan fingerprint density at radius 1 is 1.05 bits per heavy atom. The van der Waals surface area contributed by atoms with Crippen molar-refractivity contribution in [3.05, 3.63) is 54.2 Å². The van der Waals surface area contributed by atoms with Crippen LogP contribution in [0.2, 0.25) is 0 Å². The molecular weight excluding hydrogens is 250 g/mol. The number of ether oxygens (including phenoxy) is 1. The van der Waals surface area contributed by atoms with Gasteiger partial charge in [0.25, 0.3) is 0 Å². The van der Waals surface area contributed by atoms with Gasteiger partial charge in [-0.3, -0.25) is 4.90 Å². The molecule has 1 fully saturated rings. The first-order valence-electron chi connectivity index (χ1n) is 7.01. The van der Waals surface area contributed by atoms with Gasteiger partial charge in [-0.25, -0.2) is 4.98 Å². The molecule has 2 heterocycles. The Morgan fingerprint density at radius 3 is 2.55 bits per heavy atom. The van der Waals surface area contributed by atoms with Gasteiger partial charge < -0.3 is 10.1 Å². The van der Waals surface area contributed by atoms with Gasteiger partial charge >= 0.3 is 0 Å². The van der Waals surface area contributed by atoms with E-state index in [4.69, 9.17) is 4.74 Å². The number of hydrogen-bond donors (Lipinski definition) is 1. The zero-order chi connectivity index (χ0) is 13.6. The molecule has 0 unspecified atom stereocenters. The molecule has 0 saturated carbocycles. The third-order valence-corrected chi connectivity index (χ3v) is 3.40. The molecule has 4 nitrogen and oxygen atoms in total. The number of nitrogens with one attached hydrogen (secondary N) is 1. The highest BCUT2D eigenvalue weighted by molar-refractivity contribution is 5.30. The standard InChI is InChI=1S/C16H19N3O/c1-2-8-18-16(3-1)20-15-6-4-14(5-7-15)13-19-11-9-17-10-12-19/h1-8,17H,9-13H2. The topological polar surface area (TPSA) is 37.4 Å². The molecule has 104 valence electrons. The maximum absolute atomic E-state index is 5.69. The van der Waals surface area contributed by atoms with Crippen molar-refractivity contribution in [1.29, 1.82) is 0 Å². The van der Waals surface area contributed by atoms with Crippen LogP contribution in [0.3, 0.4) is 0 Å². The van der Waals surface area contributed by atoms with Crippen LogP contribution in [-0.4, -0.2) is 36.1 Å². The number of aromatic nitrogens is 1. The van der Waals surface area contributed by atoms with Crippen molar-refractivity contribution in [1.82, 2.24) is 15.2 Å². The highest BCUT2D eigenvalue weighted by Crippen LogP contribution is 2.19. The van der Waals surface area contributed by atoms with Crippen LogP contribution >= 0.6 is 0 Å². The molecule has 0 aliphatic carbocycles. The lowest BCUT2D eigenvalue weighted by Gasteiger charge is -2.27. The van der Waals surface area contributed by atoms with Gasteiger partial charge in [0, 0.05) is 45.0 Å². The second-order valence-electron chi connectivity index (χ2n) is 4.94. The Bertz CT molecular complexity index is 521. The van der Waals surface area contributed by atoms with Gasteiger partial charge in [0.05, 0.1) is 0 Å². The predicted molar refractivity (Wildman–Crippen MR) is 78.9 cm³/mol. The second kappa shape index (κ2) is 6.50. The normalized spacial score (nSPS) is 16.0. The Balaban J connectivity index is 1.59. The van der Waals surface area contributed by atoms with Crippen LogP contribution in [0.25, 0.3) is 0 Å². The maximum atomic E-state index is 5.69. The minimum Gasteiger partial charge on any atom is -0.439 e. The number of piperazine rings is 1. The van der Waals surface area contributed by atoms with Crippen molar-refractivity contribution in [2.45, 2.75) is 6.54 Å². The Kier molecular flexibility index (Phi) is 4.25. The minimum absolute atomic E-state index is 0.627. The third-order valence-electron chi connectivity index (χ3n) is 3.40. The number of hydrogen-bond acceptors (Lipinski definition) is 4. The van der Waals surface area contributed by atoms with Crippen molar-refractivity contribution in [2.24, 2.45) is 0 Å². The lowest BCUT2D eigenvalue weighted by Crippen LogP contribution is -2.42. The highest BCUT2D eigenvalue weighted by Gasteiger charge is 2.09. The molecule has 0 bridgehead atoms. The van der Waals surface area contributed by atoms with E-state index in [0.717, 1.165) is 38.5 Å². The highest BCUT2D eigenvalue weighted by atomic mass is 16.5. The van der Waals surface area contributed by atoms with Gasteiger partial charge in [0.2, 0.25) is 5.88 Å². The lowest BCUT2D eigenvalue weighted by atomic mass is 10.2. The van der Waals surface area contributed by atoms with E-state index in [1.54, 1.807) is 6.20 Å². The zero-order valence-electron chi connectivity index (χ0n) is 11.5. The van der Waals surface area contributed by atoms with Crippen molar-refractivity contribution in [2.75, 3.05) is 26.2 Å². The van der Waals surface area contributed by atoms with E-state index in [1.165, 1.54) is 5.56 Å². The first kappa shape index (κ1) is 13.1. The first-order valence-corrected chi connectivity index (χ1v) is 7.01. The van der Waals surface area contributed by atoms with Crippen LogP contribution in [0.4, 0.5) is 0 Å². The summed E-state index contributed by atoms with van der Waals surface area (Å²) in [5.74, 6) is 1.45. The fraction of sp³-hybridized carbons (Fsp3) is 0.312. The summed E-state index contributed by atoms with van der Waals surface area (Å²) in [6.07, 6.45) is 1.73. The van der Waals surface area contributed by atoms with Gasteiger partial charge in [-0.2, -0.15) is 0 Å². The van der Waals surface area contributed by atoms with Gasteiger partial charge in [-0.15, -0.1) is 0 Å². The third kappa shape index (κ3) is 3.56. The molecule has 3 rings (SSSR count). The van der Waals surface area contributed by atoms with Crippen LogP contribution < -0.4 is 10.1 Å². The molecule has 0 spiro atoms. The van der Waals surface area contributed by atoms with Crippen LogP contribution in [0.15, 0.2) is 48.7 Å². The maximum Gasteiger partial charge on any atom is 0.219 e.